The molecule has 1 atom stereocenters. The fourth-order valence-corrected chi connectivity index (χ4v) is 5.32. The number of carbonyl (C=O) groups excluding carboxylic acids is 1. The van der Waals surface area contributed by atoms with Crippen molar-refractivity contribution in [3.05, 3.63) is 46.0 Å². The summed E-state index contributed by atoms with van der Waals surface area (Å²) in [5.74, 6) is 0.889. The van der Waals surface area contributed by atoms with Gasteiger partial charge in [-0.15, -0.1) is 0 Å². The van der Waals surface area contributed by atoms with E-state index in [2.05, 4.69) is 21.1 Å². The highest BCUT2D eigenvalue weighted by Crippen LogP contribution is 2.36. The molecule has 2 aromatic rings. The average molecular weight is 532 g/mol. The first-order chi connectivity index (χ1) is 18.2. The third kappa shape index (κ3) is 5.45. The van der Waals surface area contributed by atoms with E-state index in [1.807, 2.05) is 16.1 Å². The molecule has 38 heavy (non-hydrogen) atoms. The fourth-order valence-electron chi connectivity index (χ4n) is 5.32. The van der Waals surface area contributed by atoms with Crippen molar-refractivity contribution in [3.8, 4) is 6.07 Å². The van der Waals surface area contributed by atoms with E-state index < -0.39 is 17.3 Å². The Hall–Kier alpha value is -3.66. The summed E-state index contributed by atoms with van der Waals surface area (Å²) >= 11 is 0. The van der Waals surface area contributed by atoms with Crippen LogP contribution in [0.5, 0.6) is 0 Å². The number of H-pyrrole nitrogens is 1. The lowest BCUT2D eigenvalue weighted by atomic mass is 9.81. The molecule has 1 aliphatic carbocycles. The van der Waals surface area contributed by atoms with Crippen LogP contribution in [0.15, 0.2) is 29.3 Å². The molecule has 0 aromatic carbocycles. The van der Waals surface area contributed by atoms with Crippen LogP contribution in [0.25, 0.3) is 0 Å². The standard InChI is InChI=1S/C25H28F3N7O3/c26-25(27,28)22-20(13-31-32-23(22)36)35-4-3-17(14-35)15-38-19-9-18(10-19)24(37)34-7-5-33(6-8-34)21-2-1-16(11-29)12-30-21/h1-2,12-13,17-19H,3-10,14-15H2,(H,32,36)/t17?,18-,19-. The molecule has 1 saturated carbocycles. The summed E-state index contributed by atoms with van der Waals surface area (Å²) in [5, 5.41) is 14.3. The summed E-state index contributed by atoms with van der Waals surface area (Å²) in [4.78, 5) is 34.5. The van der Waals surface area contributed by atoms with E-state index >= 15 is 0 Å². The number of aromatic amines is 1. The molecule has 1 unspecified atom stereocenters. The Kier molecular flexibility index (Phi) is 7.25. The summed E-state index contributed by atoms with van der Waals surface area (Å²) in [6.07, 6.45) is -0.265. The van der Waals surface area contributed by atoms with E-state index in [0.29, 0.717) is 70.7 Å². The largest absolute Gasteiger partial charge is 0.423 e. The molecule has 1 N–H and O–H groups in total. The number of nitrogens with zero attached hydrogens (tertiary/aromatic N) is 6. The summed E-state index contributed by atoms with van der Waals surface area (Å²) in [6.45, 7) is 3.70. The molecule has 3 aliphatic rings. The number of piperazine rings is 1. The minimum absolute atomic E-state index is 0.0332. The Morgan fingerprint density at radius 1 is 1.13 bits per heavy atom. The second-order valence-electron chi connectivity index (χ2n) is 10.0. The molecular weight excluding hydrogens is 503 g/mol. The van der Waals surface area contributed by atoms with Crippen LogP contribution < -0.4 is 15.4 Å². The van der Waals surface area contributed by atoms with Crippen molar-refractivity contribution in [2.45, 2.75) is 31.5 Å². The van der Waals surface area contributed by atoms with Crippen molar-refractivity contribution in [1.29, 1.82) is 5.26 Å². The summed E-state index contributed by atoms with van der Waals surface area (Å²) in [5.41, 5.74) is -2.15. The molecule has 202 valence electrons. The lowest BCUT2D eigenvalue weighted by molar-refractivity contribution is -0.145. The predicted octanol–water partition coefficient (Wildman–Crippen LogP) is 2.03. The topological polar surface area (TPSA) is 118 Å². The van der Waals surface area contributed by atoms with Crippen molar-refractivity contribution in [2.75, 3.05) is 55.7 Å². The lowest BCUT2D eigenvalue weighted by Gasteiger charge is -2.41. The number of aromatic nitrogens is 3. The van der Waals surface area contributed by atoms with Gasteiger partial charge in [0.05, 0.1) is 30.2 Å². The van der Waals surface area contributed by atoms with Crippen molar-refractivity contribution in [1.82, 2.24) is 20.1 Å². The second kappa shape index (κ2) is 10.6. The van der Waals surface area contributed by atoms with E-state index in [0.717, 1.165) is 12.0 Å². The van der Waals surface area contributed by atoms with Gasteiger partial charge in [0.25, 0.3) is 5.56 Å². The minimum atomic E-state index is -4.76. The lowest BCUT2D eigenvalue weighted by Crippen LogP contribution is -2.53. The number of nitriles is 1. The molecule has 4 heterocycles. The Bertz CT molecular complexity index is 1250. The van der Waals surface area contributed by atoms with Crippen LogP contribution >= 0.6 is 0 Å². The van der Waals surface area contributed by atoms with Gasteiger partial charge in [0, 0.05) is 57.3 Å². The molecular formula is C25H28F3N7O3. The molecule has 13 heteroatoms. The third-order valence-electron chi connectivity index (χ3n) is 7.55. The Morgan fingerprint density at radius 2 is 1.89 bits per heavy atom. The maximum Gasteiger partial charge on any atom is 0.423 e. The van der Waals surface area contributed by atoms with Crippen LogP contribution in [-0.4, -0.2) is 78.0 Å². The Labute approximate surface area is 217 Å². The van der Waals surface area contributed by atoms with E-state index in [1.54, 1.807) is 17.2 Å². The zero-order valence-corrected chi connectivity index (χ0v) is 20.7. The van der Waals surface area contributed by atoms with Gasteiger partial charge < -0.3 is 19.4 Å². The van der Waals surface area contributed by atoms with Gasteiger partial charge in [0.15, 0.2) is 0 Å². The maximum absolute atomic E-state index is 13.4. The highest BCUT2D eigenvalue weighted by molar-refractivity contribution is 5.80. The van der Waals surface area contributed by atoms with Gasteiger partial charge in [-0.3, -0.25) is 9.59 Å². The number of rotatable bonds is 6. The zero-order valence-electron chi connectivity index (χ0n) is 20.7. The molecule has 0 radical (unpaired) electrons. The highest BCUT2D eigenvalue weighted by atomic mass is 19.4. The van der Waals surface area contributed by atoms with Gasteiger partial charge in [0.2, 0.25) is 5.91 Å². The van der Waals surface area contributed by atoms with Gasteiger partial charge in [-0.05, 0) is 31.4 Å². The monoisotopic (exact) mass is 531 g/mol. The van der Waals surface area contributed by atoms with Crippen LogP contribution in [0.3, 0.4) is 0 Å². The van der Waals surface area contributed by atoms with Crippen molar-refractivity contribution in [3.63, 3.8) is 0 Å². The number of carbonyl (C=O) groups is 1. The number of ether oxygens (including phenoxy) is 1. The number of pyridine rings is 1. The second-order valence-corrected chi connectivity index (χ2v) is 10.0. The first-order valence-electron chi connectivity index (χ1n) is 12.6. The average Bonchev–Trinajstić information content (AvgIpc) is 3.36. The Balaban J connectivity index is 1.04. The zero-order chi connectivity index (χ0) is 26.9. The van der Waals surface area contributed by atoms with Gasteiger partial charge in [0.1, 0.15) is 17.5 Å². The predicted molar refractivity (Wildman–Crippen MR) is 130 cm³/mol. The molecule has 0 spiro atoms. The van der Waals surface area contributed by atoms with Gasteiger partial charge in [-0.1, -0.05) is 0 Å². The van der Waals surface area contributed by atoms with E-state index in [-0.39, 0.29) is 29.5 Å². The summed E-state index contributed by atoms with van der Waals surface area (Å²) in [7, 11) is 0. The number of amides is 1. The first kappa shape index (κ1) is 26.0. The highest BCUT2D eigenvalue weighted by Gasteiger charge is 2.41. The number of alkyl halides is 3. The van der Waals surface area contributed by atoms with Gasteiger partial charge in [-0.25, -0.2) is 10.1 Å². The van der Waals surface area contributed by atoms with Crippen molar-refractivity contribution >= 4 is 17.4 Å². The normalized spacial score (nSPS) is 23.7. The molecule has 5 rings (SSSR count). The first-order valence-corrected chi connectivity index (χ1v) is 12.6. The third-order valence-corrected chi connectivity index (χ3v) is 7.55. The molecule has 10 nitrogen and oxygen atoms in total. The summed E-state index contributed by atoms with van der Waals surface area (Å²) in [6, 6.07) is 5.60. The van der Waals surface area contributed by atoms with Crippen LogP contribution in [-0.2, 0) is 15.7 Å². The number of hydrogen-bond acceptors (Lipinski definition) is 8. The number of anilines is 2. The minimum Gasteiger partial charge on any atom is -0.378 e. The van der Waals surface area contributed by atoms with Crippen LogP contribution in [0.4, 0.5) is 24.7 Å². The van der Waals surface area contributed by atoms with Crippen LogP contribution in [0.1, 0.15) is 30.4 Å². The number of hydrogen-bond donors (Lipinski definition) is 1. The quantitative estimate of drug-likeness (QED) is 0.602. The fraction of sp³-hybridized carbons (Fsp3) is 0.560. The van der Waals surface area contributed by atoms with Crippen LogP contribution in [0.2, 0.25) is 0 Å². The molecule has 2 aromatic heterocycles. The smallest absolute Gasteiger partial charge is 0.378 e. The van der Waals surface area contributed by atoms with E-state index in [9.17, 15) is 22.8 Å². The molecule has 1 amide bonds. The van der Waals surface area contributed by atoms with Crippen molar-refractivity contribution in [2.24, 2.45) is 11.8 Å². The number of halogens is 3. The SMILES string of the molecule is N#Cc1ccc(N2CCN(C(=O)[C@H]3C[C@H](OCC4CCN(c5cn[nH]c(=O)c5C(F)(F)F)C4)C3)CC2)nc1. The molecule has 3 fully saturated rings. The summed E-state index contributed by atoms with van der Waals surface area (Å²) < 4.78 is 46.1. The molecule has 0 bridgehead atoms. The van der Waals surface area contributed by atoms with Crippen molar-refractivity contribution < 1.29 is 22.7 Å². The molecule has 2 saturated heterocycles. The molecule has 2 aliphatic heterocycles. The van der Waals surface area contributed by atoms with E-state index in [4.69, 9.17) is 10.00 Å². The van der Waals surface area contributed by atoms with Gasteiger partial charge >= 0.3 is 6.18 Å². The van der Waals surface area contributed by atoms with Gasteiger partial charge in [-0.2, -0.15) is 23.5 Å². The maximum atomic E-state index is 13.4. The Morgan fingerprint density at radius 3 is 2.55 bits per heavy atom. The van der Waals surface area contributed by atoms with E-state index in [1.165, 1.54) is 0 Å². The van der Waals surface area contributed by atoms with Crippen LogP contribution in [0, 0.1) is 23.2 Å². The number of nitrogens with one attached hydrogen (secondary N) is 1.